The van der Waals surface area contributed by atoms with E-state index in [1.165, 1.54) is 6.20 Å². The third kappa shape index (κ3) is 9.27. The maximum Gasteiger partial charge on any atom is 0.238 e. The molecular formula is C36H49ClN4O6. The minimum absolute atomic E-state index is 0.0165. The Morgan fingerprint density at radius 1 is 1.04 bits per heavy atom. The van der Waals surface area contributed by atoms with E-state index in [9.17, 15) is 19.2 Å². The van der Waals surface area contributed by atoms with Gasteiger partial charge in [-0.15, -0.1) is 0 Å². The van der Waals surface area contributed by atoms with E-state index < -0.39 is 29.4 Å². The standard InChI is InChI=1S/C36H49ClN4O6/c1-35(2,3)18-25(42)16-27(36(4,5)6)34(45)41-20-26(46-30-13-12-24(37)19-38-30)17-28(41)29(43)15-23(14-21-8-7-9-21)31(44)32-39-33(47-40-32)22-10-11-22/h12-13,19,21-23,26-28H,7-11,14-18,20H2,1-6H3/t23?,26-,27-,28+/m1/s1. The lowest BCUT2D eigenvalue weighted by Gasteiger charge is -2.35. The van der Waals surface area contributed by atoms with E-state index in [-0.39, 0.29) is 66.2 Å². The van der Waals surface area contributed by atoms with Crippen LogP contribution in [0.4, 0.5) is 0 Å². The van der Waals surface area contributed by atoms with Crippen molar-refractivity contribution < 1.29 is 28.4 Å². The number of ketones is 3. The number of hydrogen-bond donors (Lipinski definition) is 0. The third-order valence-corrected chi connectivity index (χ3v) is 9.88. The summed E-state index contributed by atoms with van der Waals surface area (Å²) in [6, 6.07) is 2.51. The molecule has 0 bridgehead atoms. The average Bonchev–Trinajstić information content (AvgIpc) is 3.53. The van der Waals surface area contributed by atoms with Gasteiger partial charge in [-0.2, -0.15) is 4.98 Å². The number of likely N-dealkylation sites (tertiary alicyclic amines) is 1. The smallest absolute Gasteiger partial charge is 0.238 e. The highest BCUT2D eigenvalue weighted by Gasteiger charge is 2.46. The van der Waals surface area contributed by atoms with Gasteiger partial charge < -0.3 is 14.2 Å². The van der Waals surface area contributed by atoms with Crippen molar-refractivity contribution in [2.24, 2.45) is 28.6 Å². The predicted molar refractivity (Wildman–Crippen MR) is 176 cm³/mol. The van der Waals surface area contributed by atoms with Crippen molar-refractivity contribution in [2.45, 2.75) is 124 Å². The zero-order valence-electron chi connectivity index (χ0n) is 28.6. The van der Waals surface area contributed by atoms with Crippen LogP contribution >= 0.6 is 11.6 Å². The second-order valence-corrected chi connectivity index (χ2v) is 16.6. The van der Waals surface area contributed by atoms with E-state index in [4.69, 9.17) is 20.9 Å². The van der Waals surface area contributed by atoms with Crippen LogP contribution in [0.5, 0.6) is 5.88 Å². The number of carbonyl (C=O) groups is 4. The van der Waals surface area contributed by atoms with Crippen molar-refractivity contribution in [3.8, 4) is 5.88 Å². The molecule has 47 heavy (non-hydrogen) atoms. The molecular weight excluding hydrogens is 620 g/mol. The minimum Gasteiger partial charge on any atom is -0.472 e. The van der Waals surface area contributed by atoms with Gasteiger partial charge in [0.25, 0.3) is 0 Å². The van der Waals surface area contributed by atoms with Gasteiger partial charge in [-0.3, -0.25) is 19.2 Å². The largest absolute Gasteiger partial charge is 0.472 e. The minimum atomic E-state index is -0.814. The van der Waals surface area contributed by atoms with E-state index in [1.807, 2.05) is 41.5 Å². The van der Waals surface area contributed by atoms with Crippen molar-refractivity contribution in [3.05, 3.63) is 35.1 Å². The zero-order valence-corrected chi connectivity index (χ0v) is 29.3. The first-order valence-corrected chi connectivity index (χ1v) is 17.5. The summed E-state index contributed by atoms with van der Waals surface area (Å²) in [6.07, 6.45) is 7.29. The lowest BCUT2D eigenvalue weighted by Crippen LogP contribution is -2.48. The highest BCUT2D eigenvalue weighted by atomic mass is 35.5. The first kappa shape index (κ1) is 35.2. The lowest BCUT2D eigenvalue weighted by molar-refractivity contribution is -0.146. The Labute approximate surface area is 282 Å². The van der Waals surface area contributed by atoms with Crippen molar-refractivity contribution in [2.75, 3.05) is 6.54 Å². The maximum atomic E-state index is 14.4. The molecule has 256 valence electrons. The third-order valence-electron chi connectivity index (χ3n) is 9.66. The van der Waals surface area contributed by atoms with E-state index in [2.05, 4.69) is 15.1 Å². The van der Waals surface area contributed by atoms with Crippen molar-refractivity contribution >= 4 is 34.9 Å². The second kappa shape index (κ2) is 14.1. The maximum absolute atomic E-state index is 14.4. The summed E-state index contributed by atoms with van der Waals surface area (Å²) in [4.78, 5) is 65.9. The van der Waals surface area contributed by atoms with Crippen LogP contribution in [0.25, 0.3) is 0 Å². The summed E-state index contributed by atoms with van der Waals surface area (Å²) >= 11 is 6.02. The molecule has 2 aliphatic carbocycles. The Morgan fingerprint density at radius 2 is 1.77 bits per heavy atom. The summed E-state index contributed by atoms with van der Waals surface area (Å²) in [5.41, 5.74) is -0.741. The van der Waals surface area contributed by atoms with Gasteiger partial charge in [0.05, 0.1) is 17.6 Å². The Kier molecular flexibility index (Phi) is 10.6. The SMILES string of the molecule is CC(C)(C)CC(=O)C[C@H](C(=O)N1C[C@H](Oc2ccc(Cl)cn2)C[C@H]1C(=O)CC(CC1CCC1)C(=O)c1noc(C2CC2)n1)C(C)(C)C. The fraction of sp³-hybridized carbons (Fsp3) is 0.694. The number of carbonyl (C=O) groups excluding carboxylic acids is 4. The first-order chi connectivity index (χ1) is 22.1. The summed E-state index contributed by atoms with van der Waals surface area (Å²) in [5, 5.41) is 4.45. The molecule has 0 spiro atoms. The van der Waals surface area contributed by atoms with Crippen LogP contribution in [-0.2, 0) is 14.4 Å². The molecule has 2 saturated carbocycles. The van der Waals surface area contributed by atoms with Gasteiger partial charge in [0.1, 0.15) is 11.9 Å². The fourth-order valence-corrected chi connectivity index (χ4v) is 6.81. The summed E-state index contributed by atoms with van der Waals surface area (Å²) in [5.74, 6) is -0.526. The van der Waals surface area contributed by atoms with Crippen molar-refractivity contribution in [1.29, 1.82) is 0 Å². The average molecular weight is 669 g/mol. The van der Waals surface area contributed by atoms with Gasteiger partial charge in [0, 0.05) is 55.7 Å². The van der Waals surface area contributed by atoms with Crippen LogP contribution in [0.3, 0.4) is 0 Å². The van der Waals surface area contributed by atoms with Crippen molar-refractivity contribution in [3.63, 3.8) is 0 Å². The van der Waals surface area contributed by atoms with Crippen LogP contribution in [-0.4, -0.2) is 62.0 Å². The van der Waals surface area contributed by atoms with Crippen molar-refractivity contribution in [1.82, 2.24) is 20.0 Å². The highest BCUT2D eigenvalue weighted by molar-refractivity contribution is 6.30. The van der Waals surface area contributed by atoms with E-state index in [1.54, 1.807) is 17.0 Å². The zero-order chi connectivity index (χ0) is 34.1. The molecule has 4 atom stereocenters. The Bertz CT molecular complexity index is 1450. The molecule has 1 aliphatic heterocycles. The van der Waals surface area contributed by atoms with Crippen LogP contribution in [0.2, 0.25) is 5.02 Å². The van der Waals surface area contributed by atoms with E-state index >= 15 is 0 Å². The van der Waals surface area contributed by atoms with Crippen LogP contribution in [0.1, 0.15) is 128 Å². The molecule has 0 aromatic carbocycles. The molecule has 2 aromatic heterocycles. The highest BCUT2D eigenvalue weighted by Crippen LogP contribution is 2.40. The van der Waals surface area contributed by atoms with E-state index in [0.717, 1.165) is 32.1 Å². The molecule has 3 aliphatic rings. The number of halogens is 1. The summed E-state index contributed by atoms with van der Waals surface area (Å²) < 4.78 is 11.5. The fourth-order valence-electron chi connectivity index (χ4n) is 6.70. The molecule has 1 saturated heterocycles. The summed E-state index contributed by atoms with van der Waals surface area (Å²) in [7, 11) is 0. The Morgan fingerprint density at radius 3 is 2.34 bits per heavy atom. The number of aromatic nitrogens is 3. The molecule has 3 heterocycles. The molecule has 0 radical (unpaired) electrons. The second-order valence-electron chi connectivity index (χ2n) is 16.2. The summed E-state index contributed by atoms with van der Waals surface area (Å²) in [6.45, 7) is 12.0. The van der Waals surface area contributed by atoms with Gasteiger partial charge in [-0.1, -0.05) is 77.6 Å². The van der Waals surface area contributed by atoms with Gasteiger partial charge in [-0.05, 0) is 42.1 Å². The van der Waals surface area contributed by atoms with E-state index in [0.29, 0.717) is 35.6 Å². The normalized spacial score (nSPS) is 21.6. The topological polar surface area (TPSA) is 133 Å². The molecule has 0 N–H and O–H groups in total. The number of rotatable bonds is 14. The molecule has 2 aromatic rings. The number of ether oxygens (including phenoxy) is 1. The number of amides is 1. The molecule has 11 heteroatoms. The first-order valence-electron chi connectivity index (χ1n) is 17.1. The lowest BCUT2D eigenvalue weighted by atomic mass is 9.75. The van der Waals surface area contributed by atoms with Gasteiger partial charge in [-0.25, -0.2) is 4.98 Å². The molecule has 10 nitrogen and oxygen atoms in total. The number of hydrogen-bond acceptors (Lipinski definition) is 9. The Hall–Kier alpha value is -3.14. The number of nitrogens with zero attached hydrogens (tertiary/aromatic N) is 4. The van der Waals surface area contributed by atoms with Gasteiger partial charge in [0.15, 0.2) is 5.78 Å². The molecule has 3 fully saturated rings. The Balaban J connectivity index is 1.38. The number of Topliss-reactive ketones (excluding diaryl/α,β-unsaturated/α-hetero) is 3. The predicted octanol–water partition coefficient (Wildman–Crippen LogP) is 7.05. The molecule has 1 unspecified atom stereocenters. The molecule has 5 rings (SSSR count). The van der Waals surface area contributed by atoms with Crippen LogP contribution in [0.15, 0.2) is 22.9 Å². The van der Waals surface area contributed by atoms with Crippen LogP contribution < -0.4 is 4.74 Å². The number of pyridine rings is 1. The van der Waals surface area contributed by atoms with Gasteiger partial charge >= 0.3 is 0 Å². The monoisotopic (exact) mass is 668 g/mol. The van der Waals surface area contributed by atoms with Crippen LogP contribution in [0, 0.1) is 28.6 Å². The quantitative estimate of drug-likeness (QED) is 0.194. The van der Waals surface area contributed by atoms with Gasteiger partial charge in [0.2, 0.25) is 29.3 Å². The molecule has 1 amide bonds.